The lowest BCUT2D eigenvalue weighted by atomic mass is 9.84. The monoisotopic (exact) mass is 338 g/mol. The third-order valence-electron chi connectivity index (χ3n) is 4.81. The summed E-state index contributed by atoms with van der Waals surface area (Å²) in [6, 6.07) is 7.10. The quantitative estimate of drug-likeness (QED) is 0.839. The minimum Gasteiger partial charge on any atom is -0.372 e. The lowest BCUT2D eigenvalue weighted by Crippen LogP contribution is -2.66. The molecule has 1 aromatic carbocycles. The molecule has 2 saturated heterocycles. The van der Waals surface area contributed by atoms with Crippen LogP contribution < -0.4 is 0 Å². The molecular formula is C17H26N2O3S. The molecule has 1 aromatic rings. The Kier molecular flexibility index (Phi) is 4.53. The van der Waals surface area contributed by atoms with Crippen molar-refractivity contribution < 1.29 is 13.2 Å². The normalized spacial score (nSPS) is 24.8. The molecule has 0 aliphatic carbocycles. The molecule has 128 valence electrons. The van der Waals surface area contributed by atoms with Crippen molar-refractivity contribution in [3.8, 4) is 0 Å². The molecule has 2 heterocycles. The Morgan fingerprint density at radius 2 is 2.09 bits per heavy atom. The first-order valence-corrected chi connectivity index (χ1v) is 9.60. The molecule has 6 heteroatoms. The third kappa shape index (κ3) is 3.45. The SMILES string of the molecule is Cc1cccc(S(=O)(=O)N2CC3(CC[C@H](CN(C)C)CO3)C2)c1. The van der Waals surface area contributed by atoms with Gasteiger partial charge >= 0.3 is 0 Å². The van der Waals surface area contributed by atoms with Crippen LogP contribution in [0.4, 0.5) is 0 Å². The van der Waals surface area contributed by atoms with E-state index in [9.17, 15) is 8.42 Å². The van der Waals surface area contributed by atoms with Crippen LogP contribution in [0.15, 0.2) is 29.2 Å². The fourth-order valence-corrected chi connectivity index (χ4v) is 5.21. The zero-order chi connectivity index (χ0) is 16.7. The lowest BCUT2D eigenvalue weighted by Gasteiger charge is -2.52. The van der Waals surface area contributed by atoms with E-state index in [1.54, 1.807) is 22.5 Å². The number of rotatable bonds is 4. The summed E-state index contributed by atoms with van der Waals surface area (Å²) >= 11 is 0. The topological polar surface area (TPSA) is 49.9 Å². The third-order valence-corrected chi connectivity index (χ3v) is 6.60. The van der Waals surface area contributed by atoms with Crippen molar-refractivity contribution in [2.45, 2.75) is 30.3 Å². The van der Waals surface area contributed by atoms with E-state index in [-0.39, 0.29) is 5.60 Å². The highest BCUT2D eigenvalue weighted by Crippen LogP contribution is 2.38. The van der Waals surface area contributed by atoms with Crippen molar-refractivity contribution in [3.05, 3.63) is 29.8 Å². The largest absolute Gasteiger partial charge is 0.372 e. The molecule has 0 amide bonds. The molecule has 0 saturated carbocycles. The van der Waals surface area contributed by atoms with Gasteiger partial charge in [-0.3, -0.25) is 0 Å². The van der Waals surface area contributed by atoms with E-state index in [1.165, 1.54) is 0 Å². The maximum Gasteiger partial charge on any atom is 0.243 e. The highest BCUT2D eigenvalue weighted by molar-refractivity contribution is 7.89. The predicted octanol–water partition coefficient (Wildman–Crippen LogP) is 1.73. The van der Waals surface area contributed by atoms with Crippen LogP contribution in [0.3, 0.4) is 0 Å². The number of ether oxygens (including phenoxy) is 1. The smallest absolute Gasteiger partial charge is 0.243 e. The van der Waals surface area contributed by atoms with Gasteiger partial charge in [-0.1, -0.05) is 12.1 Å². The molecule has 3 rings (SSSR count). The van der Waals surface area contributed by atoms with E-state index in [2.05, 4.69) is 19.0 Å². The number of hydrogen-bond donors (Lipinski definition) is 0. The number of sulfonamides is 1. The van der Waals surface area contributed by atoms with Crippen molar-refractivity contribution in [2.75, 3.05) is 40.3 Å². The summed E-state index contributed by atoms with van der Waals surface area (Å²) in [7, 11) is 0.759. The van der Waals surface area contributed by atoms with Crippen LogP contribution in [0, 0.1) is 12.8 Å². The summed E-state index contributed by atoms with van der Waals surface area (Å²) in [5, 5.41) is 0. The average Bonchev–Trinajstić information content (AvgIpc) is 2.45. The minimum absolute atomic E-state index is 0.250. The highest BCUT2D eigenvalue weighted by atomic mass is 32.2. The molecule has 0 bridgehead atoms. The molecule has 2 aliphatic heterocycles. The van der Waals surface area contributed by atoms with E-state index in [0.29, 0.717) is 23.9 Å². The molecule has 0 unspecified atom stereocenters. The Hall–Kier alpha value is -0.950. The van der Waals surface area contributed by atoms with Gasteiger partial charge in [-0.2, -0.15) is 4.31 Å². The van der Waals surface area contributed by atoms with Gasteiger partial charge in [0.25, 0.3) is 0 Å². The summed E-state index contributed by atoms with van der Waals surface area (Å²) in [5.74, 6) is 0.554. The molecule has 5 nitrogen and oxygen atoms in total. The second kappa shape index (κ2) is 6.16. The summed E-state index contributed by atoms with van der Waals surface area (Å²) in [4.78, 5) is 2.56. The summed E-state index contributed by atoms with van der Waals surface area (Å²) < 4.78 is 32.9. The van der Waals surface area contributed by atoms with E-state index in [0.717, 1.165) is 31.6 Å². The number of hydrogen-bond acceptors (Lipinski definition) is 4. The first kappa shape index (κ1) is 16.9. The minimum atomic E-state index is -3.39. The molecule has 2 fully saturated rings. The van der Waals surface area contributed by atoms with Gasteiger partial charge in [0, 0.05) is 19.6 Å². The van der Waals surface area contributed by atoms with E-state index in [1.807, 2.05) is 13.0 Å². The molecule has 1 atom stereocenters. The Bertz CT molecular complexity index is 656. The van der Waals surface area contributed by atoms with Gasteiger partial charge in [0.15, 0.2) is 0 Å². The summed E-state index contributed by atoms with van der Waals surface area (Å²) in [5.41, 5.74) is 0.710. The van der Waals surface area contributed by atoms with Crippen molar-refractivity contribution >= 4 is 10.0 Å². The molecule has 2 aliphatic rings. The predicted molar refractivity (Wildman–Crippen MR) is 89.9 cm³/mol. The van der Waals surface area contributed by atoms with Gasteiger partial charge in [0.1, 0.15) is 0 Å². The average molecular weight is 338 g/mol. The molecular weight excluding hydrogens is 312 g/mol. The van der Waals surface area contributed by atoms with Gasteiger partial charge in [0.05, 0.1) is 17.1 Å². The highest BCUT2D eigenvalue weighted by Gasteiger charge is 2.51. The fraction of sp³-hybridized carbons (Fsp3) is 0.647. The van der Waals surface area contributed by atoms with Gasteiger partial charge in [-0.15, -0.1) is 0 Å². The van der Waals surface area contributed by atoms with Crippen LogP contribution >= 0.6 is 0 Å². The zero-order valence-electron chi connectivity index (χ0n) is 14.2. The van der Waals surface area contributed by atoms with Crippen LogP contribution in [0.25, 0.3) is 0 Å². The second-order valence-electron chi connectivity index (χ2n) is 7.25. The van der Waals surface area contributed by atoms with Crippen LogP contribution in [0.2, 0.25) is 0 Å². The van der Waals surface area contributed by atoms with Crippen LogP contribution in [0.5, 0.6) is 0 Å². The standard InChI is InChI=1S/C17H26N2O3S/c1-14-5-4-6-16(9-14)23(20,21)19-12-17(13-19)8-7-15(11-22-17)10-18(2)3/h4-6,9,15H,7-8,10-13H2,1-3H3/t15-/m1/s1. The van der Waals surface area contributed by atoms with Crippen molar-refractivity contribution in [1.29, 1.82) is 0 Å². The van der Waals surface area contributed by atoms with Gasteiger partial charge in [0.2, 0.25) is 10.0 Å². The van der Waals surface area contributed by atoms with Crippen molar-refractivity contribution in [2.24, 2.45) is 5.92 Å². The Morgan fingerprint density at radius 3 is 2.65 bits per heavy atom. The number of nitrogens with zero attached hydrogens (tertiary/aromatic N) is 2. The first-order chi connectivity index (χ1) is 10.8. The van der Waals surface area contributed by atoms with E-state index < -0.39 is 10.0 Å². The Labute approximate surface area is 139 Å². The van der Waals surface area contributed by atoms with Gasteiger partial charge in [-0.05, 0) is 57.5 Å². The van der Waals surface area contributed by atoms with E-state index >= 15 is 0 Å². The fourth-order valence-electron chi connectivity index (χ4n) is 3.52. The Balaban J connectivity index is 1.61. The van der Waals surface area contributed by atoms with Crippen molar-refractivity contribution in [1.82, 2.24) is 9.21 Å². The Morgan fingerprint density at radius 1 is 1.35 bits per heavy atom. The second-order valence-corrected chi connectivity index (χ2v) is 9.19. The maximum absolute atomic E-state index is 12.7. The van der Waals surface area contributed by atoms with Gasteiger partial charge < -0.3 is 9.64 Å². The first-order valence-electron chi connectivity index (χ1n) is 8.16. The molecule has 0 radical (unpaired) electrons. The molecule has 23 heavy (non-hydrogen) atoms. The lowest BCUT2D eigenvalue weighted by molar-refractivity contribution is -0.158. The summed E-state index contributed by atoms with van der Waals surface area (Å²) in [6.45, 7) is 4.64. The zero-order valence-corrected chi connectivity index (χ0v) is 15.0. The maximum atomic E-state index is 12.7. The van der Waals surface area contributed by atoms with Crippen molar-refractivity contribution in [3.63, 3.8) is 0 Å². The molecule has 1 spiro atoms. The van der Waals surface area contributed by atoms with Crippen LogP contribution in [0.1, 0.15) is 18.4 Å². The van der Waals surface area contributed by atoms with E-state index in [4.69, 9.17) is 4.74 Å². The molecule has 0 aromatic heterocycles. The van der Waals surface area contributed by atoms with Crippen LogP contribution in [-0.2, 0) is 14.8 Å². The van der Waals surface area contributed by atoms with Gasteiger partial charge in [-0.25, -0.2) is 8.42 Å². The molecule has 0 N–H and O–H groups in total. The summed E-state index contributed by atoms with van der Waals surface area (Å²) in [6.07, 6.45) is 2.06. The number of benzene rings is 1. The van der Waals surface area contributed by atoms with Crippen LogP contribution in [-0.4, -0.2) is 63.6 Å². The number of aryl methyl sites for hydroxylation is 1.